The van der Waals surface area contributed by atoms with E-state index in [0.29, 0.717) is 5.92 Å². The van der Waals surface area contributed by atoms with Crippen LogP contribution in [0.15, 0.2) is 29.1 Å². The van der Waals surface area contributed by atoms with Gasteiger partial charge >= 0.3 is 0 Å². The highest BCUT2D eigenvalue weighted by Gasteiger charge is 2.05. The molecule has 78 valence electrons. The third-order valence-corrected chi connectivity index (χ3v) is 2.72. The number of H-pyrrole nitrogens is 1. The van der Waals surface area contributed by atoms with Gasteiger partial charge in [-0.05, 0) is 24.5 Å². The highest BCUT2D eigenvalue weighted by molar-refractivity contribution is 5.81. The lowest BCUT2D eigenvalue weighted by Crippen LogP contribution is -2.06. The van der Waals surface area contributed by atoms with Crippen LogP contribution in [0.3, 0.4) is 0 Å². The molecule has 0 radical (unpaired) electrons. The number of aromatic nitrogens is 1. The van der Waals surface area contributed by atoms with Gasteiger partial charge in [0.25, 0.3) is 0 Å². The first kappa shape index (κ1) is 9.97. The van der Waals surface area contributed by atoms with Crippen LogP contribution in [0.25, 0.3) is 10.9 Å². The van der Waals surface area contributed by atoms with E-state index in [9.17, 15) is 4.79 Å². The van der Waals surface area contributed by atoms with Crippen LogP contribution in [0.4, 0.5) is 0 Å². The maximum atomic E-state index is 11.8. The van der Waals surface area contributed by atoms with E-state index in [1.165, 1.54) is 0 Å². The predicted octanol–water partition coefficient (Wildman–Crippen LogP) is 2.96. The van der Waals surface area contributed by atoms with Gasteiger partial charge in [-0.3, -0.25) is 4.79 Å². The molecule has 1 N–H and O–H groups in total. The van der Waals surface area contributed by atoms with Gasteiger partial charge in [0.1, 0.15) is 0 Å². The quantitative estimate of drug-likeness (QED) is 0.756. The van der Waals surface area contributed by atoms with Gasteiger partial charge in [-0.1, -0.05) is 26.0 Å². The van der Waals surface area contributed by atoms with Crippen LogP contribution in [0.1, 0.15) is 31.0 Å². The molecule has 0 amide bonds. The summed E-state index contributed by atoms with van der Waals surface area (Å²) < 4.78 is 0. The summed E-state index contributed by atoms with van der Waals surface area (Å²) in [6.07, 6.45) is 0. The van der Waals surface area contributed by atoms with Gasteiger partial charge in [0, 0.05) is 17.1 Å². The lowest BCUT2D eigenvalue weighted by Gasteiger charge is -2.08. The fraction of sp³-hybridized carbons (Fsp3) is 0.308. The van der Waals surface area contributed by atoms with Crippen molar-refractivity contribution in [2.45, 2.75) is 26.7 Å². The van der Waals surface area contributed by atoms with Gasteiger partial charge in [-0.25, -0.2) is 0 Å². The Morgan fingerprint density at radius 3 is 2.67 bits per heavy atom. The largest absolute Gasteiger partial charge is 0.358 e. The topological polar surface area (TPSA) is 32.9 Å². The molecule has 2 heteroatoms. The maximum Gasteiger partial charge on any atom is 0.189 e. The van der Waals surface area contributed by atoms with E-state index in [2.05, 4.69) is 18.8 Å². The molecule has 15 heavy (non-hydrogen) atoms. The molecule has 0 aliphatic carbocycles. The second-order valence-corrected chi connectivity index (χ2v) is 4.24. The molecule has 2 nitrogen and oxygen atoms in total. The van der Waals surface area contributed by atoms with Crippen LogP contribution in [0.2, 0.25) is 0 Å². The number of aryl methyl sites for hydroxylation is 1. The first-order chi connectivity index (χ1) is 7.09. The number of fused-ring (bicyclic) bond motifs is 1. The number of aromatic amines is 1. The first-order valence-electron chi connectivity index (χ1n) is 5.22. The minimum absolute atomic E-state index is 0.108. The fourth-order valence-electron chi connectivity index (χ4n) is 1.75. The van der Waals surface area contributed by atoms with Crippen LogP contribution >= 0.6 is 0 Å². The van der Waals surface area contributed by atoms with Crippen LogP contribution in [-0.4, -0.2) is 4.98 Å². The van der Waals surface area contributed by atoms with Gasteiger partial charge in [0.15, 0.2) is 5.43 Å². The number of pyridine rings is 1. The van der Waals surface area contributed by atoms with E-state index in [4.69, 9.17) is 0 Å². The van der Waals surface area contributed by atoms with Crippen LogP contribution in [0.5, 0.6) is 0 Å². The number of para-hydroxylation sites is 1. The van der Waals surface area contributed by atoms with E-state index >= 15 is 0 Å². The summed E-state index contributed by atoms with van der Waals surface area (Å²) in [5.41, 5.74) is 3.19. The van der Waals surface area contributed by atoms with E-state index in [0.717, 1.165) is 22.2 Å². The van der Waals surface area contributed by atoms with Gasteiger partial charge in [-0.15, -0.1) is 0 Å². The van der Waals surface area contributed by atoms with E-state index in [1.54, 1.807) is 6.07 Å². The molecule has 0 bridgehead atoms. The number of nitrogens with one attached hydrogen (secondary N) is 1. The fourth-order valence-corrected chi connectivity index (χ4v) is 1.75. The molecule has 0 atom stereocenters. The summed E-state index contributed by atoms with van der Waals surface area (Å²) in [6, 6.07) is 7.50. The van der Waals surface area contributed by atoms with Crippen molar-refractivity contribution in [1.29, 1.82) is 0 Å². The van der Waals surface area contributed by atoms with Crippen molar-refractivity contribution in [3.63, 3.8) is 0 Å². The molecule has 1 heterocycles. The molecule has 1 aromatic carbocycles. The highest BCUT2D eigenvalue weighted by atomic mass is 16.1. The molecule has 0 fully saturated rings. The van der Waals surface area contributed by atoms with E-state index in [1.807, 2.05) is 25.1 Å². The number of hydrogen-bond acceptors (Lipinski definition) is 1. The van der Waals surface area contributed by atoms with Gasteiger partial charge < -0.3 is 4.98 Å². The summed E-state index contributed by atoms with van der Waals surface area (Å²) in [7, 11) is 0. The minimum atomic E-state index is 0.108. The zero-order chi connectivity index (χ0) is 11.0. The third-order valence-electron chi connectivity index (χ3n) is 2.72. The van der Waals surface area contributed by atoms with Gasteiger partial charge in [-0.2, -0.15) is 0 Å². The number of benzene rings is 1. The predicted molar refractivity (Wildman–Crippen MR) is 63.4 cm³/mol. The molecular formula is C13H15NO. The van der Waals surface area contributed by atoms with Crippen molar-refractivity contribution in [3.8, 4) is 0 Å². The molecule has 0 saturated carbocycles. The molecule has 0 aliphatic rings. The van der Waals surface area contributed by atoms with Crippen LogP contribution < -0.4 is 5.43 Å². The lowest BCUT2D eigenvalue weighted by molar-refractivity contribution is 0.828. The first-order valence-corrected chi connectivity index (χ1v) is 5.22. The van der Waals surface area contributed by atoms with E-state index < -0.39 is 0 Å². The summed E-state index contributed by atoms with van der Waals surface area (Å²) >= 11 is 0. The van der Waals surface area contributed by atoms with E-state index in [-0.39, 0.29) is 5.43 Å². The van der Waals surface area contributed by atoms with Crippen molar-refractivity contribution in [2.75, 3.05) is 0 Å². The highest BCUT2D eigenvalue weighted by Crippen LogP contribution is 2.16. The maximum absolute atomic E-state index is 11.8. The molecule has 0 saturated heterocycles. The second kappa shape index (κ2) is 3.54. The Kier molecular flexibility index (Phi) is 2.35. The molecule has 1 aromatic heterocycles. The second-order valence-electron chi connectivity index (χ2n) is 4.24. The van der Waals surface area contributed by atoms with Crippen molar-refractivity contribution < 1.29 is 0 Å². The van der Waals surface area contributed by atoms with Crippen LogP contribution in [-0.2, 0) is 0 Å². The number of rotatable bonds is 1. The SMILES string of the molecule is Cc1cccc2c(=O)cc(C(C)C)[nH]c12. The zero-order valence-corrected chi connectivity index (χ0v) is 9.29. The Bertz CT molecular complexity index is 552. The summed E-state index contributed by atoms with van der Waals surface area (Å²) in [4.78, 5) is 15.2. The Labute approximate surface area is 89.0 Å². The average molecular weight is 201 g/mol. The Balaban J connectivity index is 2.86. The summed E-state index contributed by atoms with van der Waals surface area (Å²) in [5, 5.41) is 0.777. The normalized spacial score (nSPS) is 11.2. The Morgan fingerprint density at radius 2 is 2.00 bits per heavy atom. The Hall–Kier alpha value is -1.57. The minimum Gasteiger partial charge on any atom is -0.358 e. The molecule has 0 spiro atoms. The van der Waals surface area contributed by atoms with Crippen molar-refractivity contribution in [3.05, 3.63) is 45.7 Å². The van der Waals surface area contributed by atoms with Crippen molar-refractivity contribution >= 4 is 10.9 Å². The number of hydrogen-bond donors (Lipinski definition) is 1. The van der Waals surface area contributed by atoms with Gasteiger partial charge in [0.2, 0.25) is 0 Å². The molecule has 0 unspecified atom stereocenters. The zero-order valence-electron chi connectivity index (χ0n) is 9.29. The summed E-state index contributed by atoms with van der Waals surface area (Å²) in [6.45, 7) is 6.17. The Morgan fingerprint density at radius 1 is 1.27 bits per heavy atom. The molecule has 2 rings (SSSR count). The van der Waals surface area contributed by atoms with Crippen molar-refractivity contribution in [1.82, 2.24) is 4.98 Å². The molecular weight excluding hydrogens is 186 g/mol. The molecule has 0 aliphatic heterocycles. The molecule has 2 aromatic rings. The van der Waals surface area contributed by atoms with Crippen LogP contribution in [0, 0.1) is 6.92 Å². The summed E-state index contributed by atoms with van der Waals surface area (Å²) in [5.74, 6) is 0.349. The standard InChI is InChI=1S/C13H15NO/c1-8(2)11-7-12(15)10-6-4-5-9(3)13(10)14-11/h4-8H,1-3H3,(H,14,15). The monoisotopic (exact) mass is 201 g/mol. The average Bonchev–Trinajstić information content (AvgIpc) is 2.19. The lowest BCUT2D eigenvalue weighted by atomic mass is 10.1. The van der Waals surface area contributed by atoms with Gasteiger partial charge in [0.05, 0.1) is 5.52 Å². The smallest absolute Gasteiger partial charge is 0.189 e. The van der Waals surface area contributed by atoms with Crippen molar-refractivity contribution in [2.24, 2.45) is 0 Å². The third kappa shape index (κ3) is 1.67.